The van der Waals surface area contributed by atoms with Crippen molar-refractivity contribution in [3.8, 4) is 0 Å². The molecule has 0 radical (unpaired) electrons. The fourth-order valence-corrected chi connectivity index (χ4v) is 2.77. The first-order valence-electron chi connectivity index (χ1n) is 6.99. The number of carbonyl (C=O) groups is 2. The summed E-state index contributed by atoms with van der Waals surface area (Å²) in [5.41, 5.74) is 0.896. The van der Waals surface area contributed by atoms with Gasteiger partial charge in [0.2, 0.25) is 0 Å². The van der Waals surface area contributed by atoms with Crippen LogP contribution < -0.4 is 0 Å². The Morgan fingerprint density at radius 2 is 2.00 bits per heavy atom. The molecule has 21 heavy (non-hydrogen) atoms. The van der Waals surface area contributed by atoms with Gasteiger partial charge in [-0.15, -0.1) is 0 Å². The Bertz CT molecular complexity index is 573. The Morgan fingerprint density at radius 1 is 1.38 bits per heavy atom. The number of carbonyl (C=O) groups excluding carboxylic acids is 2. The maximum Gasteiger partial charge on any atom is 0.326 e. The minimum atomic E-state index is -1.44. The van der Waals surface area contributed by atoms with E-state index in [1.165, 1.54) is 6.92 Å². The molecule has 1 heterocycles. The van der Waals surface area contributed by atoms with Crippen LogP contribution in [0.25, 0.3) is 0 Å². The number of aryl methyl sites for hydroxylation is 1. The lowest BCUT2D eigenvalue weighted by atomic mass is 9.72. The van der Waals surface area contributed by atoms with Gasteiger partial charge in [0.1, 0.15) is 6.10 Å². The first-order chi connectivity index (χ1) is 9.94. The first-order valence-corrected chi connectivity index (χ1v) is 6.99. The minimum Gasteiger partial charge on any atom is -0.465 e. The standard InChI is InChI=1S/C17H20O4/c1-5-20-16(19)17(13(4)18)12(3)10-21-15(17)14-8-6-11(2)7-9-14/h6-9,15H,3,5,10H2,1-2,4H3/t15-,17+/m0/s1. The lowest BCUT2D eigenvalue weighted by molar-refractivity contribution is -0.161. The molecule has 1 aromatic rings. The van der Waals surface area contributed by atoms with Crippen LogP contribution in [0.3, 0.4) is 0 Å². The summed E-state index contributed by atoms with van der Waals surface area (Å²) in [7, 11) is 0. The molecule has 0 aromatic heterocycles. The summed E-state index contributed by atoms with van der Waals surface area (Å²) < 4.78 is 10.9. The molecule has 0 saturated carbocycles. The highest BCUT2D eigenvalue weighted by Gasteiger charge is 2.58. The molecular formula is C17H20O4. The fourth-order valence-electron chi connectivity index (χ4n) is 2.77. The second kappa shape index (κ2) is 5.82. The number of rotatable bonds is 4. The third-order valence-electron chi connectivity index (χ3n) is 3.91. The molecule has 2 rings (SSSR count). The van der Waals surface area contributed by atoms with Crippen LogP contribution in [0.1, 0.15) is 31.1 Å². The summed E-state index contributed by atoms with van der Waals surface area (Å²) in [6.45, 7) is 9.34. The Balaban J connectivity index is 2.53. The van der Waals surface area contributed by atoms with Crippen LogP contribution in [0.4, 0.5) is 0 Å². The van der Waals surface area contributed by atoms with Gasteiger partial charge in [-0.3, -0.25) is 9.59 Å². The highest BCUT2D eigenvalue weighted by molar-refractivity contribution is 6.07. The average molecular weight is 288 g/mol. The van der Waals surface area contributed by atoms with E-state index in [1.54, 1.807) is 6.92 Å². The van der Waals surface area contributed by atoms with Crippen molar-refractivity contribution in [1.82, 2.24) is 0 Å². The molecular weight excluding hydrogens is 268 g/mol. The van der Waals surface area contributed by atoms with Crippen molar-refractivity contribution >= 4 is 11.8 Å². The smallest absolute Gasteiger partial charge is 0.326 e. The first kappa shape index (κ1) is 15.4. The molecule has 0 aliphatic carbocycles. The zero-order chi connectivity index (χ0) is 15.6. The highest BCUT2D eigenvalue weighted by Crippen LogP contribution is 2.49. The van der Waals surface area contributed by atoms with Gasteiger partial charge < -0.3 is 9.47 Å². The third-order valence-corrected chi connectivity index (χ3v) is 3.91. The topological polar surface area (TPSA) is 52.6 Å². The van der Waals surface area contributed by atoms with Crippen molar-refractivity contribution in [3.05, 3.63) is 47.5 Å². The molecule has 1 fully saturated rings. The van der Waals surface area contributed by atoms with Gasteiger partial charge >= 0.3 is 5.97 Å². The maximum absolute atomic E-state index is 12.5. The molecule has 0 unspecified atom stereocenters. The number of hydrogen-bond acceptors (Lipinski definition) is 4. The molecule has 4 nitrogen and oxygen atoms in total. The van der Waals surface area contributed by atoms with Gasteiger partial charge in [-0.25, -0.2) is 0 Å². The third kappa shape index (κ3) is 2.40. The predicted octanol–water partition coefficient (Wildman–Crippen LogP) is 2.76. The zero-order valence-corrected chi connectivity index (χ0v) is 12.6. The Hall–Kier alpha value is -1.94. The van der Waals surface area contributed by atoms with Gasteiger partial charge in [0.25, 0.3) is 0 Å². The van der Waals surface area contributed by atoms with Crippen LogP contribution in [0.15, 0.2) is 36.4 Å². The number of hydrogen-bond donors (Lipinski definition) is 0. The molecule has 0 bridgehead atoms. The largest absolute Gasteiger partial charge is 0.465 e. The summed E-state index contributed by atoms with van der Waals surface area (Å²) in [5.74, 6) is -0.875. The van der Waals surface area contributed by atoms with E-state index in [-0.39, 0.29) is 19.0 Å². The second-order valence-corrected chi connectivity index (χ2v) is 5.29. The summed E-state index contributed by atoms with van der Waals surface area (Å²) in [6, 6.07) is 7.59. The van der Waals surface area contributed by atoms with Crippen LogP contribution >= 0.6 is 0 Å². The van der Waals surface area contributed by atoms with E-state index in [4.69, 9.17) is 9.47 Å². The fraction of sp³-hybridized carbons (Fsp3) is 0.412. The Morgan fingerprint density at radius 3 is 2.52 bits per heavy atom. The second-order valence-electron chi connectivity index (χ2n) is 5.29. The van der Waals surface area contributed by atoms with Crippen LogP contribution in [0.2, 0.25) is 0 Å². The SMILES string of the molecule is C=C1CO[C@@H](c2ccc(C)cc2)[C@@]1(C(C)=O)C(=O)OCC. The van der Waals surface area contributed by atoms with E-state index in [1.807, 2.05) is 31.2 Å². The number of ketones is 1. The minimum absolute atomic E-state index is 0.178. The summed E-state index contributed by atoms with van der Waals surface area (Å²) in [6.07, 6.45) is -0.679. The van der Waals surface area contributed by atoms with Gasteiger partial charge in [0.05, 0.1) is 13.2 Å². The summed E-state index contributed by atoms with van der Waals surface area (Å²) in [4.78, 5) is 24.8. The van der Waals surface area contributed by atoms with Gasteiger partial charge in [-0.1, -0.05) is 36.4 Å². The molecule has 1 aliphatic rings. The van der Waals surface area contributed by atoms with Crippen molar-refractivity contribution in [2.75, 3.05) is 13.2 Å². The molecule has 4 heteroatoms. The molecule has 1 aromatic carbocycles. The van der Waals surface area contributed by atoms with E-state index in [2.05, 4.69) is 6.58 Å². The molecule has 1 saturated heterocycles. The van der Waals surface area contributed by atoms with Crippen molar-refractivity contribution in [1.29, 1.82) is 0 Å². The molecule has 112 valence electrons. The van der Waals surface area contributed by atoms with Crippen molar-refractivity contribution in [2.24, 2.45) is 5.41 Å². The van der Waals surface area contributed by atoms with Gasteiger partial charge in [0.15, 0.2) is 11.2 Å². The van der Waals surface area contributed by atoms with Crippen molar-refractivity contribution in [2.45, 2.75) is 26.9 Å². The van der Waals surface area contributed by atoms with E-state index < -0.39 is 17.5 Å². The van der Waals surface area contributed by atoms with Crippen LogP contribution in [-0.4, -0.2) is 25.0 Å². The van der Waals surface area contributed by atoms with Crippen molar-refractivity contribution < 1.29 is 19.1 Å². The molecule has 0 amide bonds. The molecule has 2 atom stereocenters. The quantitative estimate of drug-likeness (QED) is 0.485. The van der Waals surface area contributed by atoms with Gasteiger partial charge in [-0.2, -0.15) is 0 Å². The number of ether oxygens (including phenoxy) is 2. The maximum atomic E-state index is 12.5. The lowest BCUT2D eigenvalue weighted by Gasteiger charge is -2.30. The van der Waals surface area contributed by atoms with E-state index >= 15 is 0 Å². The Kier molecular flexibility index (Phi) is 4.28. The van der Waals surface area contributed by atoms with Gasteiger partial charge in [0, 0.05) is 0 Å². The summed E-state index contributed by atoms with van der Waals surface area (Å²) in [5, 5.41) is 0. The highest BCUT2D eigenvalue weighted by atomic mass is 16.5. The molecule has 1 aliphatic heterocycles. The predicted molar refractivity (Wildman–Crippen MR) is 78.8 cm³/mol. The monoisotopic (exact) mass is 288 g/mol. The average Bonchev–Trinajstić information content (AvgIpc) is 2.78. The van der Waals surface area contributed by atoms with Crippen LogP contribution in [-0.2, 0) is 19.1 Å². The van der Waals surface area contributed by atoms with E-state index in [0.717, 1.165) is 11.1 Å². The normalized spacial score (nSPS) is 24.9. The number of benzene rings is 1. The van der Waals surface area contributed by atoms with Gasteiger partial charge in [-0.05, 0) is 31.9 Å². The van der Waals surface area contributed by atoms with Crippen LogP contribution in [0.5, 0.6) is 0 Å². The van der Waals surface area contributed by atoms with Crippen LogP contribution in [0, 0.1) is 12.3 Å². The molecule has 0 spiro atoms. The lowest BCUT2D eigenvalue weighted by Crippen LogP contribution is -2.43. The number of esters is 1. The molecule has 0 N–H and O–H groups in total. The van der Waals surface area contributed by atoms with E-state index in [9.17, 15) is 9.59 Å². The van der Waals surface area contributed by atoms with Crippen molar-refractivity contribution in [3.63, 3.8) is 0 Å². The van der Waals surface area contributed by atoms with E-state index in [0.29, 0.717) is 5.57 Å². The number of Topliss-reactive ketones (excluding diaryl/α,β-unsaturated/α-hetero) is 1. The summed E-state index contributed by atoms with van der Waals surface area (Å²) >= 11 is 0. The zero-order valence-electron chi connectivity index (χ0n) is 12.6. The Labute approximate surface area is 124 Å².